The Labute approximate surface area is 53.8 Å². The first kappa shape index (κ1) is 7.50. The lowest BCUT2D eigenvalue weighted by atomic mass is 10.6. The van der Waals surface area contributed by atoms with Gasteiger partial charge in [0.05, 0.1) is 0 Å². The quantitative estimate of drug-likeness (QED) is 0.409. The van der Waals surface area contributed by atoms with E-state index in [0.717, 1.165) is 4.42 Å². The van der Waals surface area contributed by atoms with E-state index in [0.29, 0.717) is 6.54 Å². The SMILES string of the molecule is C=CC(=O)N(Cl)CC. The van der Waals surface area contributed by atoms with Crippen molar-refractivity contribution in [2.45, 2.75) is 6.92 Å². The van der Waals surface area contributed by atoms with E-state index in [-0.39, 0.29) is 5.91 Å². The van der Waals surface area contributed by atoms with Crippen LogP contribution in [0.25, 0.3) is 0 Å². The van der Waals surface area contributed by atoms with Crippen LogP contribution in [0.1, 0.15) is 6.92 Å². The van der Waals surface area contributed by atoms with Crippen molar-refractivity contribution in [2.24, 2.45) is 0 Å². The molecule has 0 aromatic rings. The second kappa shape index (κ2) is 3.50. The predicted octanol–water partition coefficient (Wildman–Crippen LogP) is 1.17. The molecular weight excluding hydrogens is 126 g/mol. The monoisotopic (exact) mass is 133 g/mol. The number of hydrogen-bond acceptors (Lipinski definition) is 1. The number of amides is 1. The van der Waals surface area contributed by atoms with Gasteiger partial charge in [0.1, 0.15) is 0 Å². The van der Waals surface area contributed by atoms with Crippen molar-refractivity contribution in [3.8, 4) is 0 Å². The van der Waals surface area contributed by atoms with E-state index < -0.39 is 0 Å². The molecule has 0 aliphatic heterocycles. The number of carbonyl (C=O) groups excluding carboxylic acids is 1. The molecule has 2 nitrogen and oxygen atoms in total. The summed E-state index contributed by atoms with van der Waals surface area (Å²) in [7, 11) is 0. The Morgan fingerprint density at radius 1 is 2.00 bits per heavy atom. The van der Waals surface area contributed by atoms with Gasteiger partial charge in [-0.05, 0) is 13.0 Å². The minimum absolute atomic E-state index is 0.255. The Morgan fingerprint density at radius 3 is 2.62 bits per heavy atom. The second-order valence-corrected chi connectivity index (χ2v) is 1.63. The first-order chi connectivity index (χ1) is 3.72. The van der Waals surface area contributed by atoms with Crippen molar-refractivity contribution in [3.05, 3.63) is 12.7 Å². The summed E-state index contributed by atoms with van der Waals surface area (Å²) in [4.78, 5) is 10.4. The zero-order valence-electron chi connectivity index (χ0n) is 4.72. The van der Waals surface area contributed by atoms with Gasteiger partial charge in [-0.25, -0.2) is 0 Å². The lowest BCUT2D eigenvalue weighted by Crippen LogP contribution is -2.17. The Kier molecular flexibility index (Phi) is 3.28. The number of likely N-dealkylation sites (N-methyl/N-ethyl adjacent to an activating group) is 1. The minimum atomic E-state index is -0.255. The Hall–Kier alpha value is -0.500. The molecule has 0 aliphatic carbocycles. The van der Waals surface area contributed by atoms with Crippen molar-refractivity contribution in [2.75, 3.05) is 6.54 Å². The van der Waals surface area contributed by atoms with Gasteiger partial charge in [-0.2, -0.15) is 0 Å². The maximum absolute atomic E-state index is 10.4. The molecule has 0 saturated heterocycles. The molecular formula is C5H8ClNO. The van der Waals surface area contributed by atoms with Gasteiger partial charge in [-0.15, -0.1) is 0 Å². The molecule has 0 aromatic heterocycles. The van der Waals surface area contributed by atoms with E-state index >= 15 is 0 Å². The zero-order valence-corrected chi connectivity index (χ0v) is 5.48. The largest absolute Gasteiger partial charge is 0.268 e. The van der Waals surface area contributed by atoms with Gasteiger partial charge in [0, 0.05) is 18.3 Å². The van der Waals surface area contributed by atoms with Crippen LogP contribution in [0.15, 0.2) is 12.7 Å². The standard InChI is InChI=1S/C5H8ClNO/c1-3-5(8)7(6)4-2/h3H,1,4H2,2H3. The van der Waals surface area contributed by atoms with Crippen LogP contribution in [-0.4, -0.2) is 16.9 Å². The van der Waals surface area contributed by atoms with E-state index in [1.807, 2.05) is 0 Å². The summed E-state index contributed by atoms with van der Waals surface area (Å²) in [5, 5.41) is 0. The van der Waals surface area contributed by atoms with E-state index in [4.69, 9.17) is 11.8 Å². The van der Waals surface area contributed by atoms with Crippen molar-refractivity contribution in [1.29, 1.82) is 0 Å². The molecule has 0 N–H and O–H groups in total. The molecule has 3 heteroatoms. The number of hydrogen-bond donors (Lipinski definition) is 0. The number of nitrogens with zero attached hydrogens (tertiary/aromatic N) is 1. The molecule has 0 radical (unpaired) electrons. The minimum Gasteiger partial charge on any atom is -0.268 e. The maximum atomic E-state index is 10.4. The van der Waals surface area contributed by atoms with Crippen molar-refractivity contribution >= 4 is 17.7 Å². The van der Waals surface area contributed by atoms with Crippen LogP contribution in [0.3, 0.4) is 0 Å². The third-order valence-corrected chi connectivity index (χ3v) is 1.10. The van der Waals surface area contributed by atoms with Gasteiger partial charge >= 0.3 is 0 Å². The Bertz CT molecular complexity index is 103. The predicted molar refractivity (Wildman–Crippen MR) is 33.4 cm³/mol. The van der Waals surface area contributed by atoms with Crippen molar-refractivity contribution in [1.82, 2.24) is 4.42 Å². The smallest absolute Gasteiger partial charge is 0.260 e. The Morgan fingerprint density at radius 2 is 2.50 bits per heavy atom. The summed E-state index contributed by atoms with van der Waals surface area (Å²) >= 11 is 5.33. The van der Waals surface area contributed by atoms with Gasteiger partial charge in [0.25, 0.3) is 5.91 Å². The van der Waals surface area contributed by atoms with Crippen molar-refractivity contribution < 1.29 is 4.79 Å². The number of carbonyl (C=O) groups is 1. The number of halogens is 1. The lowest BCUT2D eigenvalue weighted by molar-refractivity contribution is -0.121. The van der Waals surface area contributed by atoms with Crippen LogP contribution in [0.5, 0.6) is 0 Å². The molecule has 46 valence electrons. The van der Waals surface area contributed by atoms with Gasteiger partial charge in [0.15, 0.2) is 0 Å². The highest BCUT2D eigenvalue weighted by Crippen LogP contribution is 1.92. The van der Waals surface area contributed by atoms with Crippen LogP contribution in [-0.2, 0) is 4.79 Å². The van der Waals surface area contributed by atoms with Crippen LogP contribution in [0.2, 0.25) is 0 Å². The molecule has 0 spiro atoms. The third kappa shape index (κ3) is 1.98. The zero-order chi connectivity index (χ0) is 6.57. The van der Waals surface area contributed by atoms with E-state index in [1.54, 1.807) is 6.92 Å². The fourth-order valence-corrected chi connectivity index (χ4v) is 0.324. The highest BCUT2D eigenvalue weighted by Gasteiger charge is 2.00. The third-order valence-electron chi connectivity index (χ3n) is 0.691. The molecule has 0 heterocycles. The summed E-state index contributed by atoms with van der Waals surface area (Å²) < 4.78 is 1.06. The van der Waals surface area contributed by atoms with Crippen molar-refractivity contribution in [3.63, 3.8) is 0 Å². The maximum Gasteiger partial charge on any atom is 0.260 e. The van der Waals surface area contributed by atoms with E-state index in [1.165, 1.54) is 6.08 Å². The molecule has 0 atom stereocenters. The first-order valence-corrected chi connectivity index (χ1v) is 2.66. The number of rotatable bonds is 2. The fraction of sp³-hybridized carbons (Fsp3) is 0.400. The summed E-state index contributed by atoms with van der Waals surface area (Å²) in [6.07, 6.45) is 1.18. The first-order valence-electron chi connectivity index (χ1n) is 2.32. The topological polar surface area (TPSA) is 20.3 Å². The van der Waals surface area contributed by atoms with Crippen LogP contribution >= 0.6 is 11.8 Å². The normalized spacial score (nSPS) is 8.25. The second-order valence-electron chi connectivity index (χ2n) is 1.22. The summed E-state index contributed by atoms with van der Waals surface area (Å²) in [6.45, 7) is 5.55. The molecule has 0 fully saturated rings. The molecule has 0 rings (SSSR count). The molecule has 0 saturated carbocycles. The highest BCUT2D eigenvalue weighted by molar-refractivity contribution is 6.22. The Balaban J connectivity index is 3.62. The molecule has 0 unspecified atom stereocenters. The molecule has 8 heavy (non-hydrogen) atoms. The summed E-state index contributed by atoms with van der Waals surface area (Å²) in [5.74, 6) is -0.255. The van der Waals surface area contributed by atoms with Gasteiger partial charge in [-0.3, -0.25) is 9.21 Å². The average Bonchev–Trinajstić information content (AvgIpc) is 1.84. The van der Waals surface area contributed by atoms with Gasteiger partial charge in [-0.1, -0.05) is 6.58 Å². The average molecular weight is 134 g/mol. The van der Waals surface area contributed by atoms with E-state index in [2.05, 4.69) is 6.58 Å². The lowest BCUT2D eigenvalue weighted by Gasteiger charge is -2.05. The van der Waals surface area contributed by atoms with Gasteiger partial charge in [0.2, 0.25) is 0 Å². The molecule has 0 bridgehead atoms. The van der Waals surface area contributed by atoms with Crippen LogP contribution in [0.4, 0.5) is 0 Å². The van der Waals surface area contributed by atoms with Crippen LogP contribution < -0.4 is 0 Å². The highest BCUT2D eigenvalue weighted by atomic mass is 35.5. The summed E-state index contributed by atoms with van der Waals surface area (Å²) in [5.41, 5.74) is 0. The summed E-state index contributed by atoms with van der Waals surface area (Å²) in [6, 6.07) is 0. The fourth-order valence-electron chi connectivity index (χ4n) is 0.255. The molecule has 0 aromatic carbocycles. The van der Waals surface area contributed by atoms with Crippen LogP contribution in [0, 0.1) is 0 Å². The molecule has 1 amide bonds. The molecule has 0 aliphatic rings. The van der Waals surface area contributed by atoms with Gasteiger partial charge < -0.3 is 0 Å². The van der Waals surface area contributed by atoms with E-state index in [9.17, 15) is 4.79 Å².